The van der Waals surface area contributed by atoms with E-state index >= 15 is 0 Å². The van der Waals surface area contributed by atoms with Crippen LogP contribution in [0.4, 0.5) is 4.79 Å². The quantitative estimate of drug-likeness (QED) is 0.622. The summed E-state index contributed by atoms with van der Waals surface area (Å²) in [6.45, 7) is 7.79. The third-order valence-electron chi connectivity index (χ3n) is 6.32. The van der Waals surface area contributed by atoms with Crippen molar-refractivity contribution in [1.82, 2.24) is 20.0 Å². The zero-order valence-electron chi connectivity index (χ0n) is 20.5. The van der Waals surface area contributed by atoms with Gasteiger partial charge < -0.3 is 14.8 Å². The summed E-state index contributed by atoms with van der Waals surface area (Å²) in [5.74, 6) is 0.851. The third kappa shape index (κ3) is 6.82. The SMILES string of the molecule is CCOC(=O)NC1C=CC=C(Cn2nc(-c3ccc(OC4CCCN(CC)C4)cc3)ccc2=O)C1. The minimum Gasteiger partial charge on any atom is -0.489 e. The number of alkyl carbamates (subject to hydrolysis) is 1. The van der Waals surface area contributed by atoms with Crippen LogP contribution in [0, 0.1) is 0 Å². The van der Waals surface area contributed by atoms with E-state index in [1.54, 1.807) is 19.1 Å². The molecule has 0 radical (unpaired) electrons. The van der Waals surface area contributed by atoms with Crippen molar-refractivity contribution in [3.8, 4) is 17.0 Å². The number of hydrogen-bond donors (Lipinski definition) is 1. The molecule has 4 rings (SSSR count). The van der Waals surface area contributed by atoms with Crippen LogP contribution in [-0.2, 0) is 11.3 Å². The summed E-state index contributed by atoms with van der Waals surface area (Å²) in [6.07, 6.45) is 8.35. The lowest BCUT2D eigenvalue weighted by molar-refractivity contribution is 0.0920. The average molecular weight is 479 g/mol. The maximum atomic E-state index is 12.5. The van der Waals surface area contributed by atoms with E-state index in [9.17, 15) is 9.59 Å². The standard InChI is InChI=1S/C27H34N4O4/c1-3-30-16-6-9-24(19-30)35-23-12-10-21(11-13-23)25-14-15-26(32)31(29-25)18-20-7-5-8-22(17-20)28-27(33)34-4-2/h5,7-8,10-15,22,24H,3-4,6,9,16-19H2,1-2H3,(H,28,33). The van der Waals surface area contributed by atoms with Crippen molar-refractivity contribution >= 4 is 6.09 Å². The van der Waals surface area contributed by atoms with Crippen molar-refractivity contribution in [2.45, 2.75) is 51.8 Å². The van der Waals surface area contributed by atoms with E-state index in [-0.39, 0.29) is 17.7 Å². The lowest BCUT2D eigenvalue weighted by Gasteiger charge is -2.32. The first-order valence-corrected chi connectivity index (χ1v) is 12.4. The van der Waals surface area contributed by atoms with Crippen LogP contribution in [0.3, 0.4) is 0 Å². The summed E-state index contributed by atoms with van der Waals surface area (Å²) in [6, 6.07) is 11.0. The van der Waals surface area contributed by atoms with Crippen LogP contribution < -0.4 is 15.6 Å². The number of rotatable bonds is 8. The lowest BCUT2D eigenvalue weighted by atomic mass is 10.0. The third-order valence-corrected chi connectivity index (χ3v) is 6.32. The fraction of sp³-hybridized carbons (Fsp3) is 0.444. The highest BCUT2D eigenvalue weighted by molar-refractivity contribution is 5.68. The van der Waals surface area contributed by atoms with Gasteiger partial charge in [0.15, 0.2) is 0 Å². The van der Waals surface area contributed by atoms with Gasteiger partial charge in [0.05, 0.1) is 24.9 Å². The molecule has 0 spiro atoms. The van der Waals surface area contributed by atoms with Gasteiger partial charge in [-0.2, -0.15) is 5.10 Å². The summed E-state index contributed by atoms with van der Waals surface area (Å²) in [5, 5.41) is 7.41. The monoisotopic (exact) mass is 478 g/mol. The molecule has 8 nitrogen and oxygen atoms in total. The predicted octanol–water partition coefficient (Wildman–Crippen LogP) is 3.77. The van der Waals surface area contributed by atoms with E-state index in [4.69, 9.17) is 9.47 Å². The molecule has 8 heteroatoms. The van der Waals surface area contributed by atoms with Crippen LogP contribution in [0.1, 0.15) is 33.1 Å². The van der Waals surface area contributed by atoms with Crippen LogP contribution in [-0.4, -0.2) is 59.2 Å². The molecule has 0 saturated carbocycles. The highest BCUT2D eigenvalue weighted by atomic mass is 16.5. The molecular weight excluding hydrogens is 444 g/mol. The van der Waals surface area contributed by atoms with Gasteiger partial charge in [0.1, 0.15) is 11.9 Å². The molecule has 1 aliphatic carbocycles. The van der Waals surface area contributed by atoms with Crippen molar-refractivity contribution in [3.63, 3.8) is 0 Å². The van der Waals surface area contributed by atoms with E-state index in [0.717, 1.165) is 55.1 Å². The van der Waals surface area contributed by atoms with Crippen LogP contribution in [0.15, 0.2) is 65.0 Å². The molecule has 35 heavy (non-hydrogen) atoms. The minimum absolute atomic E-state index is 0.170. The molecule has 186 valence electrons. The van der Waals surface area contributed by atoms with E-state index in [0.29, 0.717) is 19.6 Å². The maximum Gasteiger partial charge on any atom is 0.407 e. The number of ether oxygens (including phenoxy) is 2. The van der Waals surface area contributed by atoms with E-state index in [2.05, 4.69) is 22.2 Å². The highest BCUT2D eigenvalue weighted by Gasteiger charge is 2.20. The number of amides is 1. The Morgan fingerprint density at radius 3 is 2.77 bits per heavy atom. The van der Waals surface area contributed by atoms with Gasteiger partial charge in [0.25, 0.3) is 5.56 Å². The molecule has 2 aromatic rings. The molecule has 1 N–H and O–H groups in total. The Kier molecular flexibility index (Phi) is 8.36. The molecule has 1 fully saturated rings. The van der Waals surface area contributed by atoms with Gasteiger partial charge in [-0.25, -0.2) is 9.48 Å². The molecule has 1 saturated heterocycles. The first-order valence-electron chi connectivity index (χ1n) is 12.4. The first kappa shape index (κ1) is 24.7. The molecule has 1 aliphatic heterocycles. The van der Waals surface area contributed by atoms with Crippen LogP contribution in [0.2, 0.25) is 0 Å². The average Bonchev–Trinajstić information content (AvgIpc) is 2.86. The normalized spacial score (nSPS) is 20.2. The summed E-state index contributed by atoms with van der Waals surface area (Å²) >= 11 is 0. The molecule has 2 heterocycles. The van der Waals surface area contributed by atoms with Crippen molar-refractivity contribution in [1.29, 1.82) is 0 Å². The van der Waals surface area contributed by atoms with Gasteiger partial charge in [-0.05, 0) is 75.2 Å². The van der Waals surface area contributed by atoms with Crippen molar-refractivity contribution in [2.75, 3.05) is 26.2 Å². The molecule has 1 aromatic carbocycles. The number of carbonyl (C=O) groups is 1. The lowest BCUT2D eigenvalue weighted by Crippen LogP contribution is -2.40. The summed E-state index contributed by atoms with van der Waals surface area (Å²) in [7, 11) is 0. The topological polar surface area (TPSA) is 85.7 Å². The van der Waals surface area contributed by atoms with Gasteiger partial charge in [-0.15, -0.1) is 0 Å². The number of nitrogens with one attached hydrogen (secondary N) is 1. The number of piperidine rings is 1. The molecule has 0 bridgehead atoms. The van der Waals surface area contributed by atoms with Crippen molar-refractivity contribution in [2.24, 2.45) is 0 Å². The molecule has 2 atom stereocenters. The number of allylic oxidation sites excluding steroid dienone is 2. The smallest absolute Gasteiger partial charge is 0.407 e. The number of likely N-dealkylation sites (tertiary alicyclic amines) is 1. The molecule has 2 unspecified atom stereocenters. The second kappa shape index (κ2) is 11.8. The highest BCUT2D eigenvalue weighted by Crippen LogP contribution is 2.23. The Bertz CT molecular complexity index is 1120. The molecule has 1 aromatic heterocycles. The number of carbonyl (C=O) groups excluding carboxylic acids is 1. The molecule has 1 amide bonds. The van der Waals surface area contributed by atoms with Gasteiger partial charge in [0, 0.05) is 18.2 Å². The fourth-order valence-electron chi connectivity index (χ4n) is 4.49. The Balaban J connectivity index is 1.40. The maximum absolute atomic E-state index is 12.5. The molecule has 2 aliphatic rings. The van der Waals surface area contributed by atoms with Gasteiger partial charge in [-0.3, -0.25) is 9.69 Å². The number of aromatic nitrogens is 2. The second-order valence-electron chi connectivity index (χ2n) is 8.90. The first-order chi connectivity index (χ1) is 17.0. The number of hydrogen-bond acceptors (Lipinski definition) is 6. The summed E-state index contributed by atoms with van der Waals surface area (Å²) in [5.41, 5.74) is 2.47. The van der Waals surface area contributed by atoms with E-state index < -0.39 is 6.09 Å². The minimum atomic E-state index is -0.445. The second-order valence-corrected chi connectivity index (χ2v) is 8.90. The Morgan fingerprint density at radius 1 is 1.17 bits per heavy atom. The van der Waals surface area contributed by atoms with Gasteiger partial charge in [0.2, 0.25) is 0 Å². The zero-order valence-corrected chi connectivity index (χ0v) is 20.5. The zero-order chi connectivity index (χ0) is 24.6. The predicted molar refractivity (Wildman–Crippen MR) is 135 cm³/mol. The molecular formula is C27H34N4O4. The van der Waals surface area contributed by atoms with Crippen LogP contribution in [0.5, 0.6) is 5.75 Å². The van der Waals surface area contributed by atoms with Crippen LogP contribution >= 0.6 is 0 Å². The van der Waals surface area contributed by atoms with Gasteiger partial charge in [-0.1, -0.05) is 25.2 Å². The van der Waals surface area contributed by atoms with Crippen molar-refractivity contribution < 1.29 is 14.3 Å². The fourth-order valence-corrected chi connectivity index (χ4v) is 4.49. The number of nitrogens with zero attached hydrogens (tertiary/aromatic N) is 3. The number of benzene rings is 1. The van der Waals surface area contributed by atoms with Crippen molar-refractivity contribution in [3.05, 3.63) is 70.6 Å². The Hall–Kier alpha value is -3.39. The van der Waals surface area contributed by atoms with E-state index in [1.807, 2.05) is 42.5 Å². The summed E-state index contributed by atoms with van der Waals surface area (Å²) < 4.78 is 12.6. The summed E-state index contributed by atoms with van der Waals surface area (Å²) in [4.78, 5) is 26.6. The van der Waals surface area contributed by atoms with Gasteiger partial charge >= 0.3 is 6.09 Å². The largest absolute Gasteiger partial charge is 0.489 e. The number of likely N-dealkylation sites (N-methyl/N-ethyl adjacent to an activating group) is 1. The Labute approximate surface area is 206 Å². The van der Waals surface area contributed by atoms with E-state index in [1.165, 1.54) is 4.68 Å². The Morgan fingerprint density at radius 2 is 2.00 bits per heavy atom. The van der Waals surface area contributed by atoms with Crippen LogP contribution in [0.25, 0.3) is 11.3 Å².